The molecule has 6 rings (SSSR count). The molecule has 1 N–H and O–H groups in total. The third kappa shape index (κ3) is 3.09. The first kappa shape index (κ1) is 21.0. The summed E-state index contributed by atoms with van der Waals surface area (Å²) in [5, 5.41) is 5.14. The van der Waals surface area contributed by atoms with Gasteiger partial charge < -0.3 is 9.55 Å². The van der Waals surface area contributed by atoms with Crippen LogP contribution < -0.4 is 0 Å². The number of hydrogen-bond acceptors (Lipinski definition) is 0. The fraction of sp³-hybridized carbons (Fsp3) is 0.250. The minimum atomic E-state index is 0.0687. The maximum Gasteiger partial charge on any atom is 0.0566 e. The molecule has 2 aromatic heterocycles. The van der Waals surface area contributed by atoms with E-state index in [4.69, 9.17) is 0 Å². The second-order valence-corrected chi connectivity index (χ2v) is 11.7. The summed E-state index contributed by atoms with van der Waals surface area (Å²) in [7, 11) is 0. The van der Waals surface area contributed by atoms with E-state index in [9.17, 15) is 0 Å². The molecule has 0 radical (unpaired) electrons. The molecular weight excluding hydrogens is 412 g/mol. The normalized spacial score (nSPS) is 13.0. The van der Waals surface area contributed by atoms with Crippen LogP contribution in [-0.4, -0.2) is 9.55 Å². The van der Waals surface area contributed by atoms with Crippen molar-refractivity contribution in [1.82, 2.24) is 9.55 Å². The van der Waals surface area contributed by atoms with Crippen molar-refractivity contribution < 1.29 is 0 Å². The number of hydrogen-bond donors (Lipinski definition) is 1. The quantitative estimate of drug-likeness (QED) is 0.261. The second kappa shape index (κ2) is 6.99. The number of aromatic nitrogens is 2. The van der Waals surface area contributed by atoms with Gasteiger partial charge in [0.25, 0.3) is 0 Å². The minimum absolute atomic E-state index is 0.0687. The summed E-state index contributed by atoms with van der Waals surface area (Å²) >= 11 is 0. The van der Waals surface area contributed by atoms with Gasteiger partial charge in [-0.3, -0.25) is 0 Å². The maximum absolute atomic E-state index is 3.74. The molecule has 0 unspecified atom stereocenters. The van der Waals surface area contributed by atoms with E-state index in [0.717, 1.165) is 0 Å². The Kier molecular flexibility index (Phi) is 4.33. The number of aromatic amines is 1. The molecule has 2 heterocycles. The molecule has 34 heavy (non-hydrogen) atoms. The zero-order valence-electron chi connectivity index (χ0n) is 21.0. The van der Waals surface area contributed by atoms with Crippen molar-refractivity contribution in [3.05, 3.63) is 90.0 Å². The van der Waals surface area contributed by atoms with E-state index >= 15 is 0 Å². The Morgan fingerprint density at radius 3 is 1.88 bits per heavy atom. The van der Waals surface area contributed by atoms with Crippen LogP contribution in [0.5, 0.6) is 0 Å². The molecule has 0 spiro atoms. The van der Waals surface area contributed by atoms with E-state index in [0.29, 0.717) is 0 Å². The zero-order chi connectivity index (χ0) is 23.8. The monoisotopic (exact) mass is 444 g/mol. The van der Waals surface area contributed by atoms with E-state index in [1.165, 1.54) is 60.4 Å². The molecule has 0 saturated heterocycles. The molecule has 2 heteroatoms. The number of para-hydroxylation sites is 2. The number of fused-ring (bicyclic) bond motifs is 7. The van der Waals surface area contributed by atoms with Crippen LogP contribution in [0.15, 0.2) is 78.9 Å². The first-order valence-corrected chi connectivity index (χ1v) is 12.2. The predicted octanol–water partition coefficient (Wildman–Crippen LogP) is 9.01. The van der Waals surface area contributed by atoms with E-state index in [1.807, 2.05) is 0 Å². The highest BCUT2D eigenvalue weighted by atomic mass is 15.0. The van der Waals surface area contributed by atoms with Gasteiger partial charge in [0, 0.05) is 32.7 Å². The van der Waals surface area contributed by atoms with Gasteiger partial charge in [-0.05, 0) is 52.3 Å². The van der Waals surface area contributed by atoms with E-state index in [-0.39, 0.29) is 10.8 Å². The third-order valence-corrected chi connectivity index (χ3v) is 7.22. The summed E-state index contributed by atoms with van der Waals surface area (Å²) in [6.45, 7) is 13.8. The maximum atomic E-state index is 3.74. The lowest BCUT2D eigenvalue weighted by Gasteiger charge is -2.26. The first-order valence-electron chi connectivity index (χ1n) is 12.2. The van der Waals surface area contributed by atoms with Gasteiger partial charge in [-0.2, -0.15) is 0 Å². The molecule has 0 aliphatic heterocycles. The van der Waals surface area contributed by atoms with E-state index in [1.54, 1.807) is 0 Å². The summed E-state index contributed by atoms with van der Waals surface area (Å²) in [4.78, 5) is 3.74. The topological polar surface area (TPSA) is 20.7 Å². The van der Waals surface area contributed by atoms with Gasteiger partial charge in [-0.1, -0.05) is 90.1 Å². The van der Waals surface area contributed by atoms with Gasteiger partial charge in [0.2, 0.25) is 0 Å². The van der Waals surface area contributed by atoms with Crippen LogP contribution in [0.4, 0.5) is 0 Å². The fourth-order valence-corrected chi connectivity index (χ4v) is 5.26. The van der Waals surface area contributed by atoms with E-state index in [2.05, 4.69) is 130 Å². The molecule has 2 nitrogen and oxygen atoms in total. The number of H-pyrrole nitrogens is 1. The minimum Gasteiger partial charge on any atom is -0.354 e. The Balaban J connectivity index is 1.77. The van der Waals surface area contributed by atoms with Crippen LogP contribution in [0.3, 0.4) is 0 Å². The Labute approximate surface area is 201 Å². The molecule has 0 aliphatic rings. The van der Waals surface area contributed by atoms with Gasteiger partial charge in [0.05, 0.1) is 16.6 Å². The molecule has 6 aromatic rings. The lowest BCUT2D eigenvalue weighted by Crippen LogP contribution is -2.17. The van der Waals surface area contributed by atoms with Crippen molar-refractivity contribution >= 4 is 43.6 Å². The Morgan fingerprint density at radius 2 is 1.21 bits per heavy atom. The number of benzene rings is 4. The summed E-state index contributed by atoms with van der Waals surface area (Å²) in [5.74, 6) is 0. The molecule has 170 valence electrons. The lowest BCUT2D eigenvalue weighted by molar-refractivity contribution is 0.568. The van der Waals surface area contributed by atoms with Gasteiger partial charge in [-0.25, -0.2) is 0 Å². The molecule has 0 saturated carbocycles. The highest BCUT2D eigenvalue weighted by molar-refractivity contribution is 6.25. The van der Waals surface area contributed by atoms with Crippen molar-refractivity contribution in [2.45, 2.75) is 52.4 Å². The zero-order valence-corrected chi connectivity index (χ0v) is 21.0. The average molecular weight is 445 g/mol. The lowest BCUT2D eigenvalue weighted by atomic mass is 9.80. The fourth-order valence-electron chi connectivity index (χ4n) is 5.26. The Bertz CT molecular complexity index is 1680. The molecule has 0 atom stereocenters. The van der Waals surface area contributed by atoms with Crippen LogP contribution >= 0.6 is 0 Å². The van der Waals surface area contributed by atoms with Crippen LogP contribution in [0.1, 0.15) is 52.7 Å². The van der Waals surface area contributed by atoms with Crippen LogP contribution in [0, 0.1) is 0 Å². The van der Waals surface area contributed by atoms with Crippen molar-refractivity contribution in [2.75, 3.05) is 0 Å². The standard InChI is InChI=1S/C32H32N2/c1-31(2,3)20-17-21(32(4,5)6)19-22(18-20)34-27-14-10-8-12-25(27)29-28(34)16-15-24-23-11-7-9-13-26(23)33-30(24)29/h7-19,33H,1-6H3. The highest BCUT2D eigenvalue weighted by Gasteiger charge is 2.23. The predicted molar refractivity (Wildman–Crippen MR) is 148 cm³/mol. The van der Waals surface area contributed by atoms with Crippen molar-refractivity contribution in [3.63, 3.8) is 0 Å². The Hall–Kier alpha value is -3.52. The molecule has 4 aromatic carbocycles. The SMILES string of the molecule is CC(C)(C)c1cc(-n2c3ccccc3c3c4[nH]c5ccccc5c4ccc32)cc(C(C)(C)C)c1. The molecule has 0 aliphatic carbocycles. The van der Waals surface area contributed by atoms with Crippen molar-refractivity contribution in [3.8, 4) is 5.69 Å². The van der Waals surface area contributed by atoms with Crippen LogP contribution in [0.25, 0.3) is 49.3 Å². The molecule has 0 bridgehead atoms. The van der Waals surface area contributed by atoms with Gasteiger partial charge in [0.15, 0.2) is 0 Å². The molecule has 0 amide bonds. The Morgan fingerprint density at radius 1 is 0.588 bits per heavy atom. The number of rotatable bonds is 1. The van der Waals surface area contributed by atoms with Crippen LogP contribution in [-0.2, 0) is 10.8 Å². The second-order valence-electron chi connectivity index (χ2n) is 11.7. The average Bonchev–Trinajstić information content (AvgIpc) is 3.33. The summed E-state index contributed by atoms with van der Waals surface area (Å²) in [6, 6.07) is 29.2. The smallest absolute Gasteiger partial charge is 0.0566 e. The van der Waals surface area contributed by atoms with Crippen molar-refractivity contribution in [1.29, 1.82) is 0 Å². The van der Waals surface area contributed by atoms with Gasteiger partial charge in [-0.15, -0.1) is 0 Å². The molecular formula is C32H32N2. The number of nitrogens with zero attached hydrogens (tertiary/aromatic N) is 1. The van der Waals surface area contributed by atoms with Gasteiger partial charge >= 0.3 is 0 Å². The van der Waals surface area contributed by atoms with Gasteiger partial charge in [0.1, 0.15) is 0 Å². The summed E-state index contributed by atoms with van der Waals surface area (Å²) in [5.41, 5.74) is 9.00. The largest absolute Gasteiger partial charge is 0.354 e. The highest BCUT2D eigenvalue weighted by Crippen LogP contribution is 2.40. The first-order chi connectivity index (χ1) is 16.1. The summed E-state index contributed by atoms with van der Waals surface area (Å²) in [6.07, 6.45) is 0. The number of nitrogens with one attached hydrogen (secondary N) is 1. The van der Waals surface area contributed by atoms with E-state index < -0.39 is 0 Å². The third-order valence-electron chi connectivity index (χ3n) is 7.22. The summed E-state index contributed by atoms with van der Waals surface area (Å²) < 4.78 is 2.46. The van der Waals surface area contributed by atoms with Crippen molar-refractivity contribution in [2.24, 2.45) is 0 Å². The van der Waals surface area contributed by atoms with Crippen LogP contribution in [0.2, 0.25) is 0 Å². The molecule has 0 fully saturated rings.